The van der Waals surface area contributed by atoms with Gasteiger partial charge >= 0.3 is 0 Å². The van der Waals surface area contributed by atoms with E-state index in [4.69, 9.17) is 28.9 Å². The van der Waals surface area contributed by atoms with E-state index in [9.17, 15) is 0 Å². The first-order chi connectivity index (χ1) is 31.2. The second-order valence-electron chi connectivity index (χ2n) is 16.9. The Bertz CT molecular complexity index is 2410. The van der Waals surface area contributed by atoms with Crippen molar-refractivity contribution in [3.05, 3.63) is 119 Å². The van der Waals surface area contributed by atoms with Crippen LogP contribution in [0.5, 0.6) is 0 Å². The molecule has 2 N–H and O–H groups in total. The molecule has 64 heavy (non-hydrogen) atoms. The van der Waals surface area contributed by atoms with Crippen molar-refractivity contribution >= 4 is 46.4 Å². The highest BCUT2D eigenvalue weighted by Crippen LogP contribution is 2.42. The van der Waals surface area contributed by atoms with Gasteiger partial charge in [0.25, 0.3) is 0 Å². The van der Waals surface area contributed by atoms with Crippen LogP contribution in [-0.4, -0.2) is 168 Å². The topological polar surface area (TPSA) is 120 Å². The zero-order valence-corrected chi connectivity index (χ0v) is 38.3. The number of H-pyrrole nitrogens is 2. The fourth-order valence-corrected chi connectivity index (χ4v) is 9.78. The highest BCUT2D eigenvalue weighted by Gasteiger charge is 2.36. The largest absolute Gasteiger partial charge is 0.383 e. The summed E-state index contributed by atoms with van der Waals surface area (Å²) < 4.78 is 22.5. The molecule has 0 saturated heterocycles. The number of fused-ring (bicyclic) bond motifs is 8. The molecule has 0 fully saturated rings. The monoisotopic (exact) mass is 871 g/mol. The van der Waals surface area contributed by atoms with Gasteiger partial charge in [0.1, 0.15) is 24.7 Å². The number of ether oxygens (including phenoxy) is 4. The molecule has 4 unspecified atom stereocenters. The molecular formula is C48H62N12O4. The molecule has 6 aliphatic heterocycles. The van der Waals surface area contributed by atoms with Crippen LogP contribution in [-0.2, 0) is 18.9 Å². The molecule has 16 nitrogen and oxygen atoms in total. The van der Waals surface area contributed by atoms with Gasteiger partial charge < -0.3 is 68.1 Å². The van der Waals surface area contributed by atoms with Crippen LogP contribution in [0.3, 0.4) is 0 Å². The minimum Gasteiger partial charge on any atom is -0.383 e. The Hall–Kier alpha value is -6.20. The van der Waals surface area contributed by atoms with Gasteiger partial charge in [-0.2, -0.15) is 0 Å². The fraction of sp³-hybridized carbons (Fsp3) is 0.417. The summed E-state index contributed by atoms with van der Waals surface area (Å²) in [5.74, 6) is 0. The normalized spacial score (nSPS) is 21.2. The molecule has 8 bridgehead atoms. The Balaban J connectivity index is 1.39. The lowest BCUT2D eigenvalue weighted by Crippen LogP contribution is -2.32. The third kappa shape index (κ3) is 7.88. The second kappa shape index (κ2) is 18.5. The van der Waals surface area contributed by atoms with Crippen LogP contribution in [0.4, 0.5) is 0 Å². The molecule has 3 aromatic rings. The predicted molar refractivity (Wildman–Crippen MR) is 252 cm³/mol. The average molecular weight is 871 g/mol. The van der Waals surface area contributed by atoms with Crippen molar-refractivity contribution in [2.45, 2.75) is 24.7 Å². The number of nitrogens with zero attached hydrogens (tertiary/aromatic N) is 10. The lowest BCUT2D eigenvalue weighted by atomic mass is 10.1. The van der Waals surface area contributed by atoms with Gasteiger partial charge in [-0.1, -0.05) is 0 Å². The van der Waals surface area contributed by atoms with Crippen LogP contribution in [0.15, 0.2) is 73.9 Å². The molecule has 6 aliphatic rings. The van der Waals surface area contributed by atoms with Gasteiger partial charge in [0.2, 0.25) is 0 Å². The maximum absolute atomic E-state index is 5.62. The summed E-state index contributed by atoms with van der Waals surface area (Å²) in [5.41, 5.74) is 11.7. The Labute approximate surface area is 376 Å². The van der Waals surface area contributed by atoms with E-state index in [2.05, 4.69) is 176 Å². The summed E-state index contributed by atoms with van der Waals surface area (Å²) in [5, 5.41) is 0. The first kappa shape index (κ1) is 43.1. The van der Waals surface area contributed by atoms with E-state index in [0.717, 1.165) is 73.6 Å². The van der Waals surface area contributed by atoms with E-state index >= 15 is 0 Å². The highest BCUT2D eigenvalue weighted by atomic mass is 16.5. The van der Waals surface area contributed by atoms with Crippen molar-refractivity contribution in [2.75, 3.05) is 109 Å². The lowest BCUT2D eigenvalue weighted by molar-refractivity contribution is 0.120. The van der Waals surface area contributed by atoms with E-state index in [0.29, 0.717) is 46.1 Å². The molecule has 0 aliphatic carbocycles. The lowest BCUT2D eigenvalue weighted by Gasteiger charge is -2.32. The molecule has 4 atom stereocenters. The van der Waals surface area contributed by atoms with Crippen molar-refractivity contribution in [3.63, 3.8) is 0 Å². The predicted octanol–water partition coefficient (Wildman–Crippen LogP) is 6.11. The van der Waals surface area contributed by atoms with Gasteiger partial charge in [-0.15, -0.1) is 0 Å². The molecule has 0 spiro atoms. The highest BCUT2D eigenvalue weighted by molar-refractivity contribution is 5.84. The molecule has 0 saturated carbocycles. The molecule has 0 radical (unpaired) electrons. The minimum atomic E-state index is -0.182. The third-order valence-corrected chi connectivity index (χ3v) is 12.9. The van der Waals surface area contributed by atoms with Crippen LogP contribution < -0.4 is 0 Å². The zero-order chi connectivity index (χ0) is 44.5. The van der Waals surface area contributed by atoms with E-state index in [1.54, 1.807) is 28.4 Å². The summed E-state index contributed by atoms with van der Waals surface area (Å²) >= 11 is 0. The van der Waals surface area contributed by atoms with Crippen molar-refractivity contribution in [2.24, 2.45) is 0 Å². The Morgan fingerprint density at radius 2 is 0.656 bits per heavy atom. The summed E-state index contributed by atoms with van der Waals surface area (Å²) in [7, 11) is 15.5. The van der Waals surface area contributed by atoms with E-state index < -0.39 is 0 Å². The summed E-state index contributed by atoms with van der Waals surface area (Å²) in [6.07, 6.45) is 25.2. The molecule has 9 heterocycles. The maximum Gasteiger partial charge on any atom is 0.131 e. The van der Waals surface area contributed by atoms with E-state index in [-0.39, 0.29) is 24.7 Å². The summed E-state index contributed by atoms with van der Waals surface area (Å²) in [4.78, 5) is 37.5. The number of rotatable bonds is 16. The molecule has 338 valence electrons. The van der Waals surface area contributed by atoms with Crippen molar-refractivity contribution < 1.29 is 18.9 Å². The Morgan fingerprint density at radius 1 is 0.391 bits per heavy atom. The van der Waals surface area contributed by atoms with Gasteiger partial charge in [-0.05, 0) is 48.6 Å². The molecule has 3 aromatic heterocycles. The van der Waals surface area contributed by atoms with Crippen molar-refractivity contribution in [1.82, 2.24) is 59.1 Å². The van der Waals surface area contributed by atoms with Crippen LogP contribution in [0, 0.1) is 0 Å². The van der Waals surface area contributed by atoms with Gasteiger partial charge in [0, 0.05) is 177 Å². The van der Waals surface area contributed by atoms with Gasteiger partial charge in [-0.3, -0.25) is 0 Å². The zero-order valence-electron chi connectivity index (χ0n) is 38.3. The van der Waals surface area contributed by atoms with Gasteiger partial charge in [-0.25, -0.2) is 9.97 Å². The van der Waals surface area contributed by atoms with Crippen LogP contribution in [0.25, 0.3) is 46.4 Å². The number of aromatic nitrogens is 4. The van der Waals surface area contributed by atoms with Crippen LogP contribution in [0.2, 0.25) is 0 Å². The van der Waals surface area contributed by atoms with Crippen molar-refractivity contribution in [1.29, 1.82) is 0 Å². The number of aromatic amines is 2. The molecule has 0 amide bonds. The number of methoxy groups -OCH3 is 4. The summed E-state index contributed by atoms with van der Waals surface area (Å²) in [6.45, 7) is 5.17. The molecular weight excluding hydrogens is 809 g/mol. The number of nitrogens with one attached hydrogen (secondary N) is 2. The first-order valence-corrected chi connectivity index (χ1v) is 22.0. The van der Waals surface area contributed by atoms with E-state index in [1.165, 1.54) is 0 Å². The van der Waals surface area contributed by atoms with Crippen LogP contribution in [0.1, 0.15) is 69.7 Å². The Kier molecular flexibility index (Phi) is 12.4. The number of hydrogen-bond donors (Lipinski definition) is 2. The third-order valence-electron chi connectivity index (χ3n) is 12.9. The SMILES string of the molecule is COCCN1C=CN(C)C1c1c2nc(c(C3N(C)C=CN3CCOC)c3ccc([nH]3)c(C3N(C)C=CN3CCOC)c3ccc([nH]3)c(C3N(C)C=CN3CCOC)c3nc1C=C3)C=C2. The molecule has 0 aromatic carbocycles. The van der Waals surface area contributed by atoms with Gasteiger partial charge in [0.15, 0.2) is 0 Å². The average Bonchev–Trinajstić information content (AvgIpc) is 4.16. The standard InChI is InChI=1S/C48H62N12O4/c1-53-17-21-57(25-29-61-5)45(53)41-33-9-11-35(49-33)42(46-54(2)18-22-58(46)26-30-62-6)37-13-15-39(51-37)44(48-56(4)20-24-60(48)28-32-64-8)40-16-14-38(52-40)43(36-12-10-34(41)50-36)47-55(3)19-23-59(47)27-31-63-7/h9-24,45-50H,25-32H2,1-8H3. The number of hydrogen-bond acceptors (Lipinski definition) is 14. The maximum atomic E-state index is 5.62. The first-order valence-electron chi connectivity index (χ1n) is 22.0. The fourth-order valence-electron chi connectivity index (χ4n) is 9.78. The minimum absolute atomic E-state index is 0.135. The van der Waals surface area contributed by atoms with Crippen molar-refractivity contribution in [3.8, 4) is 0 Å². The van der Waals surface area contributed by atoms with Gasteiger partial charge in [0.05, 0.1) is 49.2 Å². The second-order valence-corrected chi connectivity index (χ2v) is 16.9. The Morgan fingerprint density at radius 3 is 0.969 bits per heavy atom. The quantitative estimate of drug-likeness (QED) is 0.119. The summed E-state index contributed by atoms with van der Waals surface area (Å²) in [6, 6.07) is 8.86. The van der Waals surface area contributed by atoms with E-state index in [1.807, 2.05) is 0 Å². The molecule has 9 rings (SSSR count). The smallest absolute Gasteiger partial charge is 0.131 e. The molecule has 16 heteroatoms. The van der Waals surface area contributed by atoms with Crippen LogP contribution >= 0.6 is 0 Å².